The Labute approximate surface area is 120 Å². The molecule has 2 aromatic rings. The maximum absolute atomic E-state index is 13.3. The zero-order chi connectivity index (χ0) is 15.2. The molecule has 0 saturated carbocycles. The second-order valence-electron chi connectivity index (χ2n) is 4.32. The van der Waals surface area contributed by atoms with E-state index in [2.05, 4.69) is 5.32 Å². The number of halogens is 2. The van der Waals surface area contributed by atoms with Gasteiger partial charge < -0.3 is 15.8 Å². The molecule has 4 nitrogen and oxygen atoms in total. The summed E-state index contributed by atoms with van der Waals surface area (Å²) in [5.41, 5.74) is 6.69. The number of nitrogens with two attached hydrogens (primary N) is 1. The number of benzene rings is 2. The van der Waals surface area contributed by atoms with Crippen LogP contribution in [0.25, 0.3) is 0 Å². The fourth-order valence-electron chi connectivity index (χ4n) is 1.69. The fourth-order valence-corrected chi connectivity index (χ4v) is 1.69. The van der Waals surface area contributed by atoms with Crippen LogP contribution in [0.3, 0.4) is 0 Å². The number of carbonyl (C=O) groups is 1. The van der Waals surface area contributed by atoms with Crippen molar-refractivity contribution >= 4 is 17.3 Å². The third kappa shape index (κ3) is 4.17. The molecule has 0 saturated heterocycles. The molecule has 0 aliphatic rings. The fraction of sp³-hybridized carbons (Fsp3) is 0.133. The second kappa shape index (κ2) is 6.69. The van der Waals surface area contributed by atoms with Crippen molar-refractivity contribution in [3.05, 3.63) is 54.1 Å². The van der Waals surface area contributed by atoms with Crippen molar-refractivity contribution in [3.8, 4) is 5.75 Å². The molecule has 0 radical (unpaired) electrons. The van der Waals surface area contributed by atoms with Crippen molar-refractivity contribution in [1.82, 2.24) is 0 Å². The van der Waals surface area contributed by atoms with E-state index in [9.17, 15) is 13.6 Å². The van der Waals surface area contributed by atoms with Crippen LogP contribution in [0.1, 0.15) is 6.42 Å². The van der Waals surface area contributed by atoms with Crippen LogP contribution >= 0.6 is 0 Å². The molecule has 2 aromatic carbocycles. The Morgan fingerprint density at radius 1 is 1.19 bits per heavy atom. The number of amides is 1. The molecule has 1 amide bonds. The van der Waals surface area contributed by atoms with Crippen LogP contribution in [-0.4, -0.2) is 12.5 Å². The Morgan fingerprint density at radius 2 is 1.95 bits per heavy atom. The zero-order valence-electron chi connectivity index (χ0n) is 11.1. The van der Waals surface area contributed by atoms with Gasteiger partial charge in [0, 0.05) is 11.4 Å². The molecule has 3 N–H and O–H groups in total. The summed E-state index contributed by atoms with van der Waals surface area (Å²) in [5.74, 6) is -2.57. The van der Waals surface area contributed by atoms with E-state index in [0.717, 1.165) is 6.07 Å². The maximum atomic E-state index is 13.3. The van der Waals surface area contributed by atoms with E-state index in [1.165, 1.54) is 12.1 Å². The highest BCUT2D eigenvalue weighted by Gasteiger charge is 2.09. The predicted octanol–water partition coefficient (Wildman–Crippen LogP) is 2.95. The van der Waals surface area contributed by atoms with E-state index in [-0.39, 0.29) is 24.7 Å². The SMILES string of the molecule is Nc1cccc(NC(=O)CCOc2cccc(F)c2F)c1. The molecule has 0 fully saturated rings. The van der Waals surface area contributed by atoms with Crippen LogP contribution in [0.2, 0.25) is 0 Å². The first-order valence-corrected chi connectivity index (χ1v) is 6.28. The lowest BCUT2D eigenvalue weighted by atomic mass is 10.2. The van der Waals surface area contributed by atoms with Gasteiger partial charge in [0.05, 0.1) is 13.0 Å². The predicted molar refractivity (Wildman–Crippen MR) is 76.0 cm³/mol. The number of hydrogen-bond donors (Lipinski definition) is 2. The van der Waals surface area contributed by atoms with Gasteiger partial charge in [-0.25, -0.2) is 4.39 Å². The molecule has 0 heterocycles. The number of rotatable bonds is 5. The third-order valence-electron chi connectivity index (χ3n) is 2.67. The van der Waals surface area contributed by atoms with Gasteiger partial charge in [0.25, 0.3) is 0 Å². The molecule has 0 atom stereocenters. The molecular weight excluding hydrogens is 278 g/mol. The number of nitrogen functional groups attached to an aromatic ring is 1. The summed E-state index contributed by atoms with van der Waals surface area (Å²) >= 11 is 0. The molecule has 0 unspecified atom stereocenters. The average Bonchev–Trinajstić information content (AvgIpc) is 2.43. The minimum Gasteiger partial charge on any atom is -0.490 e. The van der Waals surface area contributed by atoms with Gasteiger partial charge in [-0.3, -0.25) is 4.79 Å². The number of anilines is 2. The molecule has 6 heteroatoms. The minimum atomic E-state index is -1.06. The summed E-state index contributed by atoms with van der Waals surface area (Å²) in [5, 5.41) is 2.63. The number of hydrogen-bond acceptors (Lipinski definition) is 3. The lowest BCUT2D eigenvalue weighted by Crippen LogP contribution is -2.15. The monoisotopic (exact) mass is 292 g/mol. The van der Waals surface area contributed by atoms with E-state index < -0.39 is 11.6 Å². The molecule has 110 valence electrons. The normalized spacial score (nSPS) is 10.2. The molecule has 21 heavy (non-hydrogen) atoms. The quantitative estimate of drug-likeness (QED) is 0.833. The van der Waals surface area contributed by atoms with Crippen molar-refractivity contribution in [2.24, 2.45) is 0 Å². The van der Waals surface area contributed by atoms with Crippen LogP contribution in [0.15, 0.2) is 42.5 Å². The highest BCUT2D eigenvalue weighted by atomic mass is 19.2. The smallest absolute Gasteiger partial charge is 0.227 e. The van der Waals surface area contributed by atoms with Gasteiger partial charge in [0.15, 0.2) is 11.6 Å². The number of carbonyl (C=O) groups excluding carboxylic acids is 1. The minimum absolute atomic E-state index is 0.00471. The number of nitrogens with one attached hydrogen (secondary N) is 1. The van der Waals surface area contributed by atoms with Crippen molar-refractivity contribution < 1.29 is 18.3 Å². The lowest BCUT2D eigenvalue weighted by molar-refractivity contribution is -0.116. The van der Waals surface area contributed by atoms with E-state index in [1.807, 2.05) is 0 Å². The Morgan fingerprint density at radius 3 is 2.71 bits per heavy atom. The molecular formula is C15H14F2N2O2. The van der Waals surface area contributed by atoms with Gasteiger partial charge in [-0.2, -0.15) is 4.39 Å². The van der Waals surface area contributed by atoms with Crippen molar-refractivity contribution in [3.63, 3.8) is 0 Å². The van der Waals surface area contributed by atoms with Gasteiger partial charge in [-0.05, 0) is 30.3 Å². The largest absolute Gasteiger partial charge is 0.490 e. The molecule has 0 aliphatic heterocycles. The standard InChI is InChI=1S/C15H14F2N2O2/c16-12-5-2-6-13(15(12)17)21-8-7-14(20)19-11-4-1-3-10(18)9-11/h1-6,9H,7-8,18H2,(H,19,20). The zero-order valence-corrected chi connectivity index (χ0v) is 11.1. The summed E-state index contributed by atoms with van der Waals surface area (Å²) in [6, 6.07) is 10.4. The molecule has 0 spiro atoms. The van der Waals surface area contributed by atoms with Crippen LogP contribution in [0, 0.1) is 11.6 Å². The van der Waals surface area contributed by atoms with Crippen LogP contribution in [0.4, 0.5) is 20.2 Å². The Bertz CT molecular complexity index is 647. The van der Waals surface area contributed by atoms with Crippen molar-refractivity contribution in [2.75, 3.05) is 17.7 Å². The second-order valence-corrected chi connectivity index (χ2v) is 4.32. The average molecular weight is 292 g/mol. The number of ether oxygens (including phenoxy) is 1. The Hall–Kier alpha value is -2.63. The molecule has 0 aromatic heterocycles. The van der Waals surface area contributed by atoms with Crippen LogP contribution in [0.5, 0.6) is 5.75 Å². The van der Waals surface area contributed by atoms with E-state index in [0.29, 0.717) is 11.4 Å². The lowest BCUT2D eigenvalue weighted by Gasteiger charge is -2.08. The third-order valence-corrected chi connectivity index (χ3v) is 2.67. The van der Waals surface area contributed by atoms with Crippen molar-refractivity contribution in [2.45, 2.75) is 6.42 Å². The van der Waals surface area contributed by atoms with Crippen LogP contribution in [-0.2, 0) is 4.79 Å². The molecule has 0 bridgehead atoms. The highest BCUT2D eigenvalue weighted by molar-refractivity contribution is 5.91. The first-order valence-electron chi connectivity index (χ1n) is 6.28. The van der Waals surface area contributed by atoms with Gasteiger partial charge in [-0.15, -0.1) is 0 Å². The summed E-state index contributed by atoms with van der Waals surface area (Å²) in [4.78, 5) is 11.7. The van der Waals surface area contributed by atoms with Crippen LogP contribution < -0.4 is 15.8 Å². The summed E-state index contributed by atoms with van der Waals surface area (Å²) in [6.45, 7) is -0.0610. The highest BCUT2D eigenvalue weighted by Crippen LogP contribution is 2.19. The topological polar surface area (TPSA) is 64.3 Å². The van der Waals surface area contributed by atoms with Gasteiger partial charge in [-0.1, -0.05) is 12.1 Å². The van der Waals surface area contributed by atoms with Gasteiger partial charge in [0.2, 0.25) is 11.7 Å². The van der Waals surface area contributed by atoms with E-state index in [4.69, 9.17) is 10.5 Å². The summed E-state index contributed by atoms with van der Waals surface area (Å²) < 4.78 is 31.3. The van der Waals surface area contributed by atoms with E-state index >= 15 is 0 Å². The first-order chi connectivity index (χ1) is 10.1. The van der Waals surface area contributed by atoms with Gasteiger partial charge in [0.1, 0.15) is 0 Å². The van der Waals surface area contributed by atoms with E-state index in [1.54, 1.807) is 24.3 Å². The first kappa shape index (κ1) is 14.8. The summed E-state index contributed by atoms with van der Waals surface area (Å²) in [6.07, 6.45) is 0.00471. The Kier molecular flexibility index (Phi) is 4.71. The van der Waals surface area contributed by atoms with Crippen molar-refractivity contribution in [1.29, 1.82) is 0 Å². The molecule has 2 rings (SSSR count). The summed E-state index contributed by atoms with van der Waals surface area (Å²) in [7, 11) is 0. The van der Waals surface area contributed by atoms with Gasteiger partial charge >= 0.3 is 0 Å². The Balaban J connectivity index is 1.83. The molecule has 0 aliphatic carbocycles. The maximum Gasteiger partial charge on any atom is 0.227 e.